The zero-order valence-electron chi connectivity index (χ0n) is 12.1. The van der Waals surface area contributed by atoms with Crippen LogP contribution in [-0.2, 0) is 23.3 Å². The molecule has 2 aromatic rings. The van der Waals surface area contributed by atoms with Crippen LogP contribution in [0.3, 0.4) is 0 Å². The van der Waals surface area contributed by atoms with Gasteiger partial charge in [0, 0.05) is 20.1 Å². The number of aromatic amines is 1. The summed E-state index contributed by atoms with van der Waals surface area (Å²) in [7, 11) is 1.73. The zero-order chi connectivity index (χ0) is 14.3. The van der Waals surface area contributed by atoms with E-state index in [1.165, 1.54) is 0 Å². The van der Waals surface area contributed by atoms with Gasteiger partial charge < -0.3 is 14.2 Å². The highest BCUT2D eigenvalue weighted by Crippen LogP contribution is 2.40. The number of H-pyrrole nitrogens is 1. The highest BCUT2D eigenvalue weighted by atomic mass is 16.5. The molecule has 0 aromatic carbocycles. The Hall–Kier alpha value is -1.73. The van der Waals surface area contributed by atoms with Crippen LogP contribution in [0.2, 0.25) is 0 Å². The molecule has 1 aliphatic heterocycles. The van der Waals surface area contributed by atoms with E-state index in [-0.39, 0.29) is 11.6 Å². The maximum absolute atomic E-state index is 5.71. The summed E-state index contributed by atoms with van der Waals surface area (Å²) in [6.45, 7) is 0.743. The first-order valence-electron chi connectivity index (χ1n) is 7.44. The summed E-state index contributed by atoms with van der Waals surface area (Å²) in [6, 6.07) is 0.0253. The van der Waals surface area contributed by atoms with Gasteiger partial charge in [-0.05, 0) is 25.7 Å². The molecule has 0 spiro atoms. The molecule has 0 radical (unpaired) electrons. The summed E-state index contributed by atoms with van der Waals surface area (Å²) >= 11 is 0. The number of fused-ring (bicyclic) bond motifs is 1. The van der Waals surface area contributed by atoms with Crippen LogP contribution >= 0.6 is 0 Å². The monoisotopic (exact) mass is 289 g/mol. The molecule has 2 N–H and O–H groups in total. The van der Waals surface area contributed by atoms with Crippen LogP contribution in [0.5, 0.6) is 0 Å². The van der Waals surface area contributed by atoms with Crippen molar-refractivity contribution in [3.05, 3.63) is 29.4 Å². The smallest absolute Gasteiger partial charge is 0.244 e. The number of nitrogens with zero attached hydrogens (tertiary/aromatic N) is 3. The molecule has 1 aliphatic carbocycles. The van der Waals surface area contributed by atoms with E-state index < -0.39 is 0 Å². The van der Waals surface area contributed by atoms with Gasteiger partial charge in [0.1, 0.15) is 5.60 Å². The standard InChI is InChI=1S/C14H19N5O2/c1-20-14(4-2-3-5-14)13-18-12(21-19-13)10-6-9-11(7-15-10)17-8-16-9/h8,10,15H,2-7H2,1H3,(H,16,17). The molecule has 1 saturated carbocycles. The Kier molecular flexibility index (Phi) is 3.04. The van der Waals surface area contributed by atoms with Crippen molar-refractivity contribution in [1.82, 2.24) is 25.4 Å². The molecule has 1 fully saturated rings. The second kappa shape index (κ2) is 4.92. The number of ether oxygens (including phenoxy) is 1. The van der Waals surface area contributed by atoms with Crippen molar-refractivity contribution in [3.8, 4) is 0 Å². The minimum absolute atomic E-state index is 0.0253. The van der Waals surface area contributed by atoms with Gasteiger partial charge in [-0.1, -0.05) is 5.16 Å². The second-order valence-corrected chi connectivity index (χ2v) is 5.83. The SMILES string of the molecule is COC1(c2noc(C3Cc4nc[nH]c4CN3)n2)CCCC1. The Labute approximate surface area is 122 Å². The molecule has 2 aromatic heterocycles. The van der Waals surface area contributed by atoms with Gasteiger partial charge in [0.15, 0.2) is 0 Å². The third-order valence-electron chi connectivity index (χ3n) is 4.68. The summed E-state index contributed by atoms with van der Waals surface area (Å²) in [5.41, 5.74) is 1.85. The van der Waals surface area contributed by atoms with E-state index in [9.17, 15) is 0 Å². The normalized spacial score (nSPS) is 24.1. The summed E-state index contributed by atoms with van der Waals surface area (Å²) < 4.78 is 11.2. The molecular weight excluding hydrogens is 270 g/mol. The Bertz CT molecular complexity index is 629. The predicted molar refractivity (Wildman–Crippen MR) is 73.3 cm³/mol. The van der Waals surface area contributed by atoms with Gasteiger partial charge >= 0.3 is 0 Å². The minimum atomic E-state index is -0.353. The highest BCUT2D eigenvalue weighted by molar-refractivity contribution is 5.18. The first kappa shape index (κ1) is 13.0. The third kappa shape index (κ3) is 2.08. The summed E-state index contributed by atoms with van der Waals surface area (Å²) in [6.07, 6.45) is 6.72. The number of aromatic nitrogens is 4. The molecule has 1 atom stereocenters. The van der Waals surface area contributed by atoms with E-state index in [2.05, 4.69) is 25.4 Å². The summed E-state index contributed by atoms with van der Waals surface area (Å²) in [4.78, 5) is 12.1. The molecule has 112 valence electrons. The van der Waals surface area contributed by atoms with Crippen molar-refractivity contribution >= 4 is 0 Å². The van der Waals surface area contributed by atoms with Crippen LogP contribution in [0.4, 0.5) is 0 Å². The molecule has 2 aliphatic rings. The molecule has 4 rings (SSSR count). The summed E-state index contributed by atoms with van der Waals surface area (Å²) in [5, 5.41) is 7.58. The number of methoxy groups -OCH3 is 1. The van der Waals surface area contributed by atoms with Crippen LogP contribution in [0, 0.1) is 0 Å². The van der Waals surface area contributed by atoms with E-state index in [0.717, 1.165) is 50.0 Å². The lowest BCUT2D eigenvalue weighted by Gasteiger charge is -2.23. The number of rotatable bonds is 3. The highest BCUT2D eigenvalue weighted by Gasteiger charge is 2.41. The zero-order valence-corrected chi connectivity index (χ0v) is 12.1. The van der Waals surface area contributed by atoms with Crippen molar-refractivity contribution in [2.45, 2.75) is 50.3 Å². The Morgan fingerprint density at radius 2 is 2.24 bits per heavy atom. The average molecular weight is 289 g/mol. The average Bonchev–Trinajstić information content (AvgIpc) is 3.25. The van der Waals surface area contributed by atoms with Gasteiger partial charge in [-0.15, -0.1) is 0 Å². The molecular formula is C14H19N5O2. The maximum atomic E-state index is 5.71. The van der Waals surface area contributed by atoms with E-state index in [1.807, 2.05) is 0 Å². The predicted octanol–water partition coefficient (Wildman–Crippen LogP) is 1.60. The Morgan fingerprint density at radius 3 is 3.05 bits per heavy atom. The maximum Gasteiger partial charge on any atom is 0.244 e. The van der Waals surface area contributed by atoms with Crippen molar-refractivity contribution in [2.75, 3.05) is 7.11 Å². The summed E-state index contributed by atoms with van der Waals surface area (Å²) in [5.74, 6) is 1.31. The first-order valence-corrected chi connectivity index (χ1v) is 7.44. The molecule has 0 amide bonds. The molecule has 1 unspecified atom stereocenters. The Morgan fingerprint density at radius 1 is 1.38 bits per heavy atom. The van der Waals surface area contributed by atoms with Gasteiger partial charge in [-0.3, -0.25) is 5.32 Å². The molecule has 21 heavy (non-hydrogen) atoms. The van der Waals surface area contributed by atoms with Gasteiger partial charge in [0.05, 0.1) is 23.8 Å². The number of imidazole rings is 1. The quantitative estimate of drug-likeness (QED) is 0.892. The van der Waals surface area contributed by atoms with Crippen LogP contribution in [0.1, 0.15) is 54.8 Å². The van der Waals surface area contributed by atoms with E-state index in [4.69, 9.17) is 9.26 Å². The number of nitrogens with one attached hydrogen (secondary N) is 2. The minimum Gasteiger partial charge on any atom is -0.370 e. The second-order valence-electron chi connectivity index (χ2n) is 5.83. The molecule has 0 saturated heterocycles. The van der Waals surface area contributed by atoms with Crippen molar-refractivity contribution in [1.29, 1.82) is 0 Å². The van der Waals surface area contributed by atoms with Gasteiger partial charge in [-0.25, -0.2) is 4.98 Å². The van der Waals surface area contributed by atoms with Crippen molar-refractivity contribution in [3.63, 3.8) is 0 Å². The van der Waals surface area contributed by atoms with Gasteiger partial charge in [0.2, 0.25) is 11.7 Å². The van der Waals surface area contributed by atoms with Crippen molar-refractivity contribution in [2.24, 2.45) is 0 Å². The lowest BCUT2D eigenvalue weighted by Crippen LogP contribution is -2.29. The fourth-order valence-electron chi connectivity index (χ4n) is 3.37. The Balaban J connectivity index is 1.58. The van der Waals surface area contributed by atoms with Crippen LogP contribution in [0.25, 0.3) is 0 Å². The lowest BCUT2D eigenvalue weighted by atomic mass is 10.0. The van der Waals surface area contributed by atoms with E-state index >= 15 is 0 Å². The van der Waals surface area contributed by atoms with Crippen LogP contribution < -0.4 is 5.32 Å². The molecule has 0 bridgehead atoms. The topological polar surface area (TPSA) is 88.9 Å². The number of hydrogen-bond donors (Lipinski definition) is 2. The van der Waals surface area contributed by atoms with Crippen LogP contribution in [-0.4, -0.2) is 27.2 Å². The fraction of sp³-hybridized carbons (Fsp3) is 0.643. The molecule has 7 heteroatoms. The molecule has 7 nitrogen and oxygen atoms in total. The molecule has 3 heterocycles. The van der Waals surface area contributed by atoms with E-state index in [0.29, 0.717) is 11.7 Å². The van der Waals surface area contributed by atoms with Crippen molar-refractivity contribution < 1.29 is 9.26 Å². The van der Waals surface area contributed by atoms with E-state index in [1.54, 1.807) is 13.4 Å². The number of hydrogen-bond acceptors (Lipinski definition) is 6. The van der Waals surface area contributed by atoms with Crippen LogP contribution in [0.15, 0.2) is 10.9 Å². The third-order valence-corrected chi connectivity index (χ3v) is 4.68. The van der Waals surface area contributed by atoms with Gasteiger partial charge in [-0.2, -0.15) is 4.98 Å². The lowest BCUT2D eigenvalue weighted by molar-refractivity contribution is -0.0178. The first-order chi connectivity index (χ1) is 10.3. The largest absolute Gasteiger partial charge is 0.370 e. The fourth-order valence-corrected chi connectivity index (χ4v) is 3.37. The van der Waals surface area contributed by atoms with Gasteiger partial charge in [0.25, 0.3) is 0 Å².